The highest BCUT2D eigenvalue weighted by molar-refractivity contribution is 5.53. The van der Waals surface area contributed by atoms with E-state index in [0.29, 0.717) is 6.04 Å². The molecule has 2 rings (SSSR count). The third-order valence-corrected chi connectivity index (χ3v) is 4.26. The molecule has 106 valence electrons. The minimum atomic E-state index is 0.666. The normalized spacial score (nSPS) is 18.3. The molecule has 0 spiro atoms. The van der Waals surface area contributed by atoms with Crippen LogP contribution in [0.5, 0.6) is 0 Å². The van der Waals surface area contributed by atoms with Crippen LogP contribution in [-0.4, -0.2) is 43.7 Å². The predicted octanol–water partition coefficient (Wildman–Crippen LogP) is 2.40. The molecule has 1 aromatic rings. The van der Waals surface area contributed by atoms with E-state index in [4.69, 9.17) is 0 Å². The van der Waals surface area contributed by atoms with Crippen LogP contribution in [-0.2, 0) is 0 Å². The van der Waals surface area contributed by atoms with E-state index < -0.39 is 0 Å². The molecule has 1 heterocycles. The van der Waals surface area contributed by atoms with Crippen molar-refractivity contribution in [3.05, 3.63) is 29.3 Å². The third-order valence-electron chi connectivity index (χ3n) is 4.26. The number of nitrogens with one attached hydrogen (secondary N) is 2. The van der Waals surface area contributed by atoms with Crippen LogP contribution in [0.3, 0.4) is 0 Å². The lowest BCUT2D eigenvalue weighted by Crippen LogP contribution is -2.47. The minimum Gasteiger partial charge on any atom is -0.385 e. The summed E-state index contributed by atoms with van der Waals surface area (Å²) in [5.41, 5.74) is 4.02. The van der Waals surface area contributed by atoms with Gasteiger partial charge in [-0.25, -0.2) is 0 Å². The number of hydrogen-bond donors (Lipinski definition) is 2. The molecule has 3 nitrogen and oxygen atoms in total. The lowest BCUT2D eigenvalue weighted by Gasteiger charge is -2.33. The van der Waals surface area contributed by atoms with Gasteiger partial charge in [-0.2, -0.15) is 0 Å². The van der Waals surface area contributed by atoms with Gasteiger partial charge in [-0.15, -0.1) is 0 Å². The van der Waals surface area contributed by atoms with E-state index in [-0.39, 0.29) is 0 Å². The summed E-state index contributed by atoms with van der Waals surface area (Å²) in [5, 5.41) is 6.99. The van der Waals surface area contributed by atoms with Crippen LogP contribution in [0.15, 0.2) is 18.2 Å². The van der Waals surface area contributed by atoms with Gasteiger partial charge in [0.05, 0.1) is 0 Å². The van der Waals surface area contributed by atoms with Crippen molar-refractivity contribution < 1.29 is 0 Å². The Bertz CT molecular complexity index is 397. The fourth-order valence-corrected chi connectivity index (χ4v) is 2.66. The molecule has 1 saturated heterocycles. The third kappa shape index (κ3) is 3.95. The smallest absolute Gasteiger partial charge is 0.0372 e. The molecule has 1 aliphatic heterocycles. The summed E-state index contributed by atoms with van der Waals surface area (Å²) in [5.74, 6) is 0. The number of aryl methyl sites for hydroxylation is 1. The zero-order chi connectivity index (χ0) is 13.7. The van der Waals surface area contributed by atoms with Crippen molar-refractivity contribution >= 4 is 5.69 Å². The highest BCUT2D eigenvalue weighted by Gasteiger charge is 2.15. The van der Waals surface area contributed by atoms with Gasteiger partial charge in [-0.05, 0) is 44.4 Å². The van der Waals surface area contributed by atoms with Gasteiger partial charge in [-0.1, -0.05) is 12.1 Å². The molecule has 0 aromatic heterocycles. The summed E-state index contributed by atoms with van der Waals surface area (Å²) in [7, 11) is 0. The van der Waals surface area contributed by atoms with Crippen molar-refractivity contribution in [3.63, 3.8) is 0 Å². The van der Waals surface area contributed by atoms with Gasteiger partial charge in [0.25, 0.3) is 0 Å². The van der Waals surface area contributed by atoms with Crippen LogP contribution in [0.1, 0.15) is 24.5 Å². The molecule has 1 fully saturated rings. The van der Waals surface area contributed by atoms with Crippen LogP contribution in [0, 0.1) is 13.8 Å². The molecular formula is C16H27N3. The summed E-state index contributed by atoms with van der Waals surface area (Å²) in [6.07, 6.45) is 1.20. The molecule has 1 aliphatic rings. The maximum atomic E-state index is 3.58. The van der Waals surface area contributed by atoms with Crippen molar-refractivity contribution in [2.75, 3.05) is 38.0 Å². The van der Waals surface area contributed by atoms with Crippen molar-refractivity contribution in [3.8, 4) is 0 Å². The number of piperazine rings is 1. The fraction of sp³-hybridized carbons (Fsp3) is 0.625. The maximum Gasteiger partial charge on any atom is 0.0372 e. The fourth-order valence-electron chi connectivity index (χ4n) is 2.66. The summed E-state index contributed by atoms with van der Waals surface area (Å²) >= 11 is 0. The van der Waals surface area contributed by atoms with Crippen LogP contribution in [0.2, 0.25) is 0 Å². The quantitative estimate of drug-likeness (QED) is 0.852. The summed E-state index contributed by atoms with van der Waals surface area (Å²) in [6.45, 7) is 12.4. The average Bonchev–Trinajstić information content (AvgIpc) is 2.44. The number of benzene rings is 1. The molecule has 0 radical (unpaired) electrons. The van der Waals surface area contributed by atoms with Crippen LogP contribution in [0.25, 0.3) is 0 Å². The van der Waals surface area contributed by atoms with Gasteiger partial charge in [0.15, 0.2) is 0 Å². The SMILES string of the molecule is Cc1cccc(NCCC(C)N2CCNCC2)c1C. The van der Waals surface area contributed by atoms with E-state index in [2.05, 4.69) is 54.5 Å². The van der Waals surface area contributed by atoms with Gasteiger partial charge in [-0.3, -0.25) is 4.90 Å². The largest absolute Gasteiger partial charge is 0.385 e. The predicted molar refractivity (Wildman–Crippen MR) is 82.9 cm³/mol. The van der Waals surface area contributed by atoms with Crippen molar-refractivity contribution in [2.24, 2.45) is 0 Å². The first-order chi connectivity index (χ1) is 9.18. The van der Waals surface area contributed by atoms with Crippen LogP contribution in [0.4, 0.5) is 5.69 Å². The van der Waals surface area contributed by atoms with E-state index in [9.17, 15) is 0 Å². The Labute approximate surface area is 117 Å². The number of anilines is 1. The van der Waals surface area contributed by atoms with Gasteiger partial charge in [0.2, 0.25) is 0 Å². The molecule has 0 bridgehead atoms. The van der Waals surface area contributed by atoms with Gasteiger partial charge >= 0.3 is 0 Å². The topological polar surface area (TPSA) is 27.3 Å². The first-order valence-electron chi connectivity index (χ1n) is 7.43. The Morgan fingerprint density at radius 3 is 2.74 bits per heavy atom. The molecule has 19 heavy (non-hydrogen) atoms. The zero-order valence-electron chi connectivity index (χ0n) is 12.5. The second kappa shape index (κ2) is 6.92. The van der Waals surface area contributed by atoms with Crippen LogP contribution >= 0.6 is 0 Å². The minimum absolute atomic E-state index is 0.666. The Balaban J connectivity index is 1.78. The molecule has 0 saturated carbocycles. The van der Waals surface area contributed by atoms with Crippen LogP contribution < -0.4 is 10.6 Å². The molecular weight excluding hydrogens is 234 g/mol. The monoisotopic (exact) mass is 261 g/mol. The Kier molecular flexibility index (Phi) is 5.23. The molecule has 1 atom stereocenters. The summed E-state index contributed by atoms with van der Waals surface area (Å²) < 4.78 is 0. The molecule has 1 aromatic carbocycles. The van der Waals surface area contributed by atoms with E-state index in [1.54, 1.807) is 0 Å². The second-order valence-corrected chi connectivity index (χ2v) is 5.60. The van der Waals surface area contributed by atoms with Crippen molar-refractivity contribution in [1.29, 1.82) is 0 Å². The first-order valence-corrected chi connectivity index (χ1v) is 7.43. The standard InChI is InChI=1S/C16H27N3/c1-13-5-4-6-16(15(13)3)18-8-7-14(2)19-11-9-17-10-12-19/h4-6,14,17-18H,7-12H2,1-3H3. The highest BCUT2D eigenvalue weighted by Crippen LogP contribution is 2.18. The first kappa shape index (κ1) is 14.4. The Morgan fingerprint density at radius 1 is 1.26 bits per heavy atom. The lowest BCUT2D eigenvalue weighted by atomic mass is 10.1. The molecule has 0 amide bonds. The Morgan fingerprint density at radius 2 is 2.00 bits per heavy atom. The zero-order valence-corrected chi connectivity index (χ0v) is 12.5. The summed E-state index contributed by atoms with van der Waals surface area (Å²) in [4.78, 5) is 2.58. The van der Waals surface area contributed by atoms with Gasteiger partial charge in [0.1, 0.15) is 0 Å². The van der Waals surface area contributed by atoms with E-state index in [1.165, 1.54) is 36.3 Å². The molecule has 0 aliphatic carbocycles. The average molecular weight is 261 g/mol. The van der Waals surface area contributed by atoms with E-state index in [0.717, 1.165) is 19.6 Å². The molecule has 3 heteroatoms. The van der Waals surface area contributed by atoms with Gasteiger partial charge in [0, 0.05) is 44.5 Å². The van der Waals surface area contributed by atoms with Crippen molar-refractivity contribution in [1.82, 2.24) is 10.2 Å². The highest BCUT2D eigenvalue weighted by atomic mass is 15.2. The van der Waals surface area contributed by atoms with E-state index in [1.807, 2.05) is 0 Å². The number of hydrogen-bond acceptors (Lipinski definition) is 3. The molecule has 2 N–H and O–H groups in total. The number of rotatable bonds is 5. The second-order valence-electron chi connectivity index (χ2n) is 5.60. The van der Waals surface area contributed by atoms with E-state index >= 15 is 0 Å². The molecule has 1 unspecified atom stereocenters. The van der Waals surface area contributed by atoms with Crippen molar-refractivity contribution in [2.45, 2.75) is 33.2 Å². The Hall–Kier alpha value is -1.06. The summed E-state index contributed by atoms with van der Waals surface area (Å²) in [6, 6.07) is 7.14. The lowest BCUT2D eigenvalue weighted by molar-refractivity contribution is 0.179. The number of nitrogens with zero attached hydrogens (tertiary/aromatic N) is 1. The van der Waals surface area contributed by atoms with Gasteiger partial charge < -0.3 is 10.6 Å². The maximum absolute atomic E-state index is 3.58.